The maximum atomic E-state index is 11.2. The minimum absolute atomic E-state index is 0.205. The van der Waals surface area contributed by atoms with E-state index >= 15 is 0 Å². The van der Waals surface area contributed by atoms with Crippen LogP contribution in [0.3, 0.4) is 0 Å². The van der Waals surface area contributed by atoms with E-state index in [0.717, 1.165) is 25.2 Å². The standard InChI is InChI=1S/C10H15N7OS/c1-2-3-4-17-8(14-15-16-17)6-19-10-12-7(11)5-9(18)13-10/h5H,2-4,6H2,1H3,(H3,11,12,13,18). The van der Waals surface area contributed by atoms with E-state index in [1.165, 1.54) is 17.8 Å². The number of hydrogen-bond acceptors (Lipinski definition) is 7. The highest BCUT2D eigenvalue weighted by atomic mass is 32.2. The van der Waals surface area contributed by atoms with Crippen molar-refractivity contribution in [2.24, 2.45) is 0 Å². The van der Waals surface area contributed by atoms with E-state index in [4.69, 9.17) is 5.73 Å². The van der Waals surface area contributed by atoms with Crippen LogP contribution >= 0.6 is 11.8 Å². The zero-order chi connectivity index (χ0) is 13.7. The molecule has 0 aliphatic heterocycles. The number of aryl methyl sites for hydroxylation is 1. The number of tetrazole rings is 1. The fourth-order valence-corrected chi connectivity index (χ4v) is 2.28. The van der Waals surface area contributed by atoms with Crippen LogP contribution in [0.25, 0.3) is 0 Å². The van der Waals surface area contributed by atoms with Crippen LogP contribution in [0.15, 0.2) is 16.0 Å². The van der Waals surface area contributed by atoms with Gasteiger partial charge in [-0.2, -0.15) is 0 Å². The summed E-state index contributed by atoms with van der Waals surface area (Å²) in [6.45, 7) is 2.90. The molecule has 0 aromatic carbocycles. The van der Waals surface area contributed by atoms with Crippen LogP contribution in [0.5, 0.6) is 0 Å². The van der Waals surface area contributed by atoms with Gasteiger partial charge in [0.15, 0.2) is 11.0 Å². The first kappa shape index (κ1) is 13.5. The first-order valence-corrected chi connectivity index (χ1v) is 6.92. The van der Waals surface area contributed by atoms with Gasteiger partial charge in [-0.05, 0) is 16.8 Å². The Labute approximate surface area is 113 Å². The number of nitrogens with two attached hydrogens (primary N) is 1. The van der Waals surface area contributed by atoms with Gasteiger partial charge in [-0.1, -0.05) is 25.1 Å². The molecule has 2 aromatic rings. The minimum atomic E-state index is -0.263. The second kappa shape index (κ2) is 6.32. The number of anilines is 1. The van der Waals surface area contributed by atoms with Crippen LogP contribution in [0.1, 0.15) is 25.6 Å². The van der Waals surface area contributed by atoms with Gasteiger partial charge in [-0.25, -0.2) is 9.67 Å². The number of hydrogen-bond donors (Lipinski definition) is 2. The number of aromatic amines is 1. The smallest absolute Gasteiger partial charge is 0.253 e. The predicted molar refractivity (Wildman–Crippen MR) is 71.6 cm³/mol. The van der Waals surface area contributed by atoms with Crippen LogP contribution in [0.2, 0.25) is 0 Å². The highest BCUT2D eigenvalue weighted by Gasteiger charge is 2.07. The number of aromatic nitrogens is 6. The molecular weight excluding hydrogens is 266 g/mol. The lowest BCUT2D eigenvalue weighted by atomic mass is 10.3. The van der Waals surface area contributed by atoms with Crippen LogP contribution < -0.4 is 11.3 Å². The molecule has 0 amide bonds. The summed E-state index contributed by atoms with van der Waals surface area (Å²) >= 11 is 1.34. The maximum absolute atomic E-state index is 11.2. The third-order valence-corrected chi connectivity index (χ3v) is 3.28. The Bertz CT molecular complexity index is 594. The third kappa shape index (κ3) is 3.78. The van der Waals surface area contributed by atoms with Crippen molar-refractivity contribution >= 4 is 17.6 Å². The second-order valence-electron chi connectivity index (χ2n) is 3.94. The number of unbranched alkanes of at least 4 members (excludes halogenated alkanes) is 1. The molecule has 19 heavy (non-hydrogen) atoms. The molecule has 2 rings (SSSR count). The molecule has 0 aliphatic carbocycles. The van der Waals surface area contributed by atoms with Gasteiger partial charge in [0, 0.05) is 12.6 Å². The quantitative estimate of drug-likeness (QED) is 0.582. The lowest BCUT2D eigenvalue weighted by molar-refractivity contribution is 0.540. The van der Waals surface area contributed by atoms with E-state index in [2.05, 4.69) is 32.4 Å². The molecule has 0 unspecified atom stereocenters. The summed E-state index contributed by atoms with van der Waals surface area (Å²) < 4.78 is 1.76. The molecule has 0 saturated heterocycles. The number of H-pyrrole nitrogens is 1. The summed E-state index contributed by atoms with van der Waals surface area (Å²) in [6.07, 6.45) is 2.10. The van der Waals surface area contributed by atoms with Crippen molar-refractivity contribution in [3.05, 3.63) is 22.2 Å². The SMILES string of the molecule is CCCCn1nnnc1CSc1nc(N)cc(=O)[nH]1. The number of nitrogens with one attached hydrogen (secondary N) is 1. The Morgan fingerprint density at radius 2 is 2.37 bits per heavy atom. The molecular formula is C10H15N7OS. The number of thioether (sulfide) groups is 1. The third-order valence-electron chi connectivity index (χ3n) is 2.41. The summed E-state index contributed by atoms with van der Waals surface area (Å²) in [6, 6.07) is 1.25. The lowest BCUT2D eigenvalue weighted by Gasteiger charge is -2.03. The highest BCUT2D eigenvalue weighted by Crippen LogP contribution is 2.17. The van der Waals surface area contributed by atoms with Gasteiger partial charge in [-0.3, -0.25) is 4.79 Å². The second-order valence-corrected chi connectivity index (χ2v) is 4.90. The zero-order valence-electron chi connectivity index (χ0n) is 10.5. The fourth-order valence-electron chi connectivity index (χ4n) is 1.46. The molecule has 0 aliphatic rings. The van der Waals surface area contributed by atoms with E-state index in [1.807, 2.05) is 0 Å². The van der Waals surface area contributed by atoms with Gasteiger partial charge in [-0.15, -0.1) is 5.10 Å². The molecule has 0 bridgehead atoms. The molecule has 8 nitrogen and oxygen atoms in total. The molecule has 0 atom stereocenters. The lowest BCUT2D eigenvalue weighted by Crippen LogP contribution is -2.10. The van der Waals surface area contributed by atoms with Gasteiger partial charge in [0.1, 0.15) is 5.82 Å². The van der Waals surface area contributed by atoms with Gasteiger partial charge in [0.2, 0.25) is 0 Å². The number of nitrogens with zero attached hydrogens (tertiary/aromatic N) is 5. The van der Waals surface area contributed by atoms with Crippen LogP contribution in [0.4, 0.5) is 5.82 Å². The van der Waals surface area contributed by atoms with Crippen molar-refractivity contribution in [3.63, 3.8) is 0 Å². The van der Waals surface area contributed by atoms with E-state index < -0.39 is 0 Å². The fraction of sp³-hybridized carbons (Fsp3) is 0.500. The molecule has 0 saturated carbocycles. The average molecular weight is 281 g/mol. The van der Waals surface area contributed by atoms with Crippen molar-refractivity contribution in [2.45, 2.75) is 37.2 Å². The van der Waals surface area contributed by atoms with E-state index in [1.54, 1.807) is 4.68 Å². The van der Waals surface area contributed by atoms with E-state index in [-0.39, 0.29) is 11.4 Å². The molecule has 9 heteroatoms. The Balaban J connectivity index is 2.02. The normalized spacial score (nSPS) is 10.8. The topological polar surface area (TPSA) is 115 Å². The summed E-state index contributed by atoms with van der Waals surface area (Å²) in [5.41, 5.74) is 5.25. The Hall–Kier alpha value is -1.90. The van der Waals surface area contributed by atoms with Crippen molar-refractivity contribution in [2.75, 3.05) is 5.73 Å². The Morgan fingerprint density at radius 1 is 1.53 bits per heavy atom. The Kier molecular flexibility index (Phi) is 4.50. The average Bonchev–Trinajstić information content (AvgIpc) is 2.80. The predicted octanol–water partition coefficient (Wildman–Crippen LogP) is 0.431. The number of nitrogen functional groups attached to an aromatic ring is 1. The maximum Gasteiger partial charge on any atom is 0.253 e. The van der Waals surface area contributed by atoms with Crippen LogP contribution in [-0.2, 0) is 12.3 Å². The van der Waals surface area contributed by atoms with E-state index in [0.29, 0.717) is 10.9 Å². The molecule has 3 N–H and O–H groups in total. The molecule has 102 valence electrons. The van der Waals surface area contributed by atoms with Gasteiger partial charge < -0.3 is 10.7 Å². The summed E-state index contributed by atoms with van der Waals surface area (Å²) in [4.78, 5) is 17.9. The largest absolute Gasteiger partial charge is 0.383 e. The molecule has 0 fully saturated rings. The van der Waals surface area contributed by atoms with Crippen LogP contribution in [0, 0.1) is 0 Å². The monoisotopic (exact) mass is 281 g/mol. The van der Waals surface area contributed by atoms with E-state index in [9.17, 15) is 4.79 Å². The van der Waals surface area contributed by atoms with Gasteiger partial charge >= 0.3 is 0 Å². The summed E-state index contributed by atoms with van der Waals surface area (Å²) in [7, 11) is 0. The zero-order valence-corrected chi connectivity index (χ0v) is 11.4. The van der Waals surface area contributed by atoms with Crippen molar-refractivity contribution in [1.29, 1.82) is 0 Å². The summed E-state index contributed by atoms with van der Waals surface area (Å²) in [5.74, 6) is 1.49. The molecule has 2 heterocycles. The molecule has 0 radical (unpaired) electrons. The van der Waals surface area contributed by atoms with Crippen LogP contribution in [-0.4, -0.2) is 30.2 Å². The van der Waals surface area contributed by atoms with Crippen molar-refractivity contribution < 1.29 is 0 Å². The first-order chi connectivity index (χ1) is 9.19. The van der Waals surface area contributed by atoms with Crippen molar-refractivity contribution in [1.82, 2.24) is 30.2 Å². The van der Waals surface area contributed by atoms with Crippen molar-refractivity contribution in [3.8, 4) is 0 Å². The van der Waals surface area contributed by atoms with Gasteiger partial charge in [0.25, 0.3) is 5.56 Å². The number of rotatable bonds is 6. The molecule has 2 aromatic heterocycles. The first-order valence-electron chi connectivity index (χ1n) is 5.93. The summed E-state index contributed by atoms with van der Waals surface area (Å²) in [5, 5.41) is 12.0. The Morgan fingerprint density at radius 3 is 3.11 bits per heavy atom. The molecule has 0 spiro atoms. The highest BCUT2D eigenvalue weighted by molar-refractivity contribution is 7.98. The minimum Gasteiger partial charge on any atom is -0.383 e. The van der Waals surface area contributed by atoms with Gasteiger partial charge in [0.05, 0.1) is 5.75 Å².